The van der Waals surface area contributed by atoms with Gasteiger partial charge in [0.2, 0.25) is 11.8 Å². The van der Waals surface area contributed by atoms with Crippen molar-refractivity contribution >= 4 is 29.9 Å². The molecule has 0 aliphatic carbocycles. The van der Waals surface area contributed by atoms with Gasteiger partial charge in [0.25, 0.3) is 0 Å². The highest BCUT2D eigenvalue weighted by Gasteiger charge is 2.41. The van der Waals surface area contributed by atoms with Gasteiger partial charge >= 0.3 is 0 Å². The highest BCUT2D eigenvalue weighted by atomic mass is 35.5. The van der Waals surface area contributed by atoms with E-state index in [0.29, 0.717) is 32.6 Å². The minimum Gasteiger partial charge on any atom is -0.337 e. The van der Waals surface area contributed by atoms with Crippen LogP contribution in [0.15, 0.2) is 18.2 Å². The average molecular weight is 360 g/mol. The summed E-state index contributed by atoms with van der Waals surface area (Å²) in [6.45, 7) is 4.27. The van der Waals surface area contributed by atoms with Gasteiger partial charge in [0.15, 0.2) is 11.6 Å². The van der Waals surface area contributed by atoms with Gasteiger partial charge in [-0.15, -0.1) is 12.4 Å². The van der Waals surface area contributed by atoms with Crippen LogP contribution >= 0.6 is 12.4 Å². The first-order valence-electron chi connectivity index (χ1n) is 7.76. The van der Waals surface area contributed by atoms with Crippen molar-refractivity contribution in [2.75, 3.05) is 31.1 Å². The van der Waals surface area contributed by atoms with Crippen molar-refractivity contribution in [3.05, 3.63) is 29.8 Å². The topological polar surface area (TPSA) is 52.7 Å². The second-order valence-corrected chi connectivity index (χ2v) is 6.01. The van der Waals surface area contributed by atoms with Crippen LogP contribution in [0.25, 0.3) is 0 Å². The summed E-state index contributed by atoms with van der Waals surface area (Å²) in [5.74, 6) is -3.20. The molecule has 0 spiro atoms. The number of hydrogen-bond acceptors (Lipinski definition) is 3. The normalized spacial score (nSPS) is 24.0. The second-order valence-electron chi connectivity index (χ2n) is 6.01. The minimum atomic E-state index is -0.999. The van der Waals surface area contributed by atoms with Crippen LogP contribution in [0.1, 0.15) is 13.3 Å². The largest absolute Gasteiger partial charge is 0.337 e. The zero-order valence-corrected chi connectivity index (χ0v) is 14.1. The molecule has 2 heterocycles. The van der Waals surface area contributed by atoms with Gasteiger partial charge in [-0.25, -0.2) is 8.78 Å². The van der Waals surface area contributed by atoms with Crippen LogP contribution in [0.4, 0.5) is 14.5 Å². The predicted octanol–water partition coefficient (Wildman–Crippen LogP) is 1.56. The summed E-state index contributed by atoms with van der Waals surface area (Å²) in [7, 11) is 0. The number of anilines is 1. The van der Waals surface area contributed by atoms with Crippen molar-refractivity contribution in [2.45, 2.75) is 19.4 Å². The molecule has 0 bridgehead atoms. The fraction of sp³-hybridized carbons (Fsp3) is 0.500. The number of halogens is 3. The number of carbonyl (C=O) groups excluding carboxylic acids is 2. The molecule has 0 aromatic heterocycles. The van der Waals surface area contributed by atoms with Crippen molar-refractivity contribution < 1.29 is 18.4 Å². The van der Waals surface area contributed by atoms with Gasteiger partial charge in [0, 0.05) is 44.0 Å². The molecule has 2 aliphatic rings. The molecular weight excluding hydrogens is 340 g/mol. The smallest absolute Gasteiger partial charge is 0.239 e. The summed E-state index contributed by atoms with van der Waals surface area (Å²) >= 11 is 0. The van der Waals surface area contributed by atoms with Crippen LogP contribution in [0.2, 0.25) is 0 Å². The average Bonchev–Trinajstić information content (AvgIpc) is 2.91. The summed E-state index contributed by atoms with van der Waals surface area (Å²) in [5, 5.41) is 3.20. The van der Waals surface area contributed by atoms with Crippen molar-refractivity contribution in [2.24, 2.45) is 5.92 Å². The molecule has 2 saturated heterocycles. The number of piperazine rings is 1. The standard InChI is InChI=1S/C16H19F2N3O2.ClH/c1-10-9-19-5-7-20(10)15(22)12-4-6-21(16(12)23)11-2-3-13(17)14(18)8-11;/h2-3,8,10,12,19H,4-7,9H2,1H3;1H/t10-,12?;/m1./s1. The second kappa shape index (κ2) is 7.44. The van der Waals surface area contributed by atoms with E-state index in [2.05, 4.69) is 5.32 Å². The molecule has 3 rings (SSSR count). The Bertz CT molecular complexity index is 644. The number of benzene rings is 1. The Hall–Kier alpha value is -1.73. The molecular formula is C16H20ClF2N3O2. The molecule has 8 heteroatoms. The van der Waals surface area contributed by atoms with Crippen molar-refractivity contribution in [3.63, 3.8) is 0 Å². The van der Waals surface area contributed by atoms with Crippen LogP contribution in [-0.2, 0) is 9.59 Å². The van der Waals surface area contributed by atoms with Crippen molar-refractivity contribution in [3.8, 4) is 0 Å². The first-order valence-corrected chi connectivity index (χ1v) is 7.76. The lowest BCUT2D eigenvalue weighted by Gasteiger charge is -2.35. The van der Waals surface area contributed by atoms with E-state index in [0.717, 1.165) is 12.1 Å². The Morgan fingerprint density at radius 3 is 2.67 bits per heavy atom. The fourth-order valence-electron chi connectivity index (χ4n) is 3.19. The van der Waals surface area contributed by atoms with E-state index in [1.807, 2.05) is 6.92 Å². The first kappa shape index (κ1) is 18.6. The maximum atomic E-state index is 13.4. The molecule has 2 atom stereocenters. The molecule has 2 fully saturated rings. The summed E-state index contributed by atoms with van der Waals surface area (Å²) in [6.07, 6.45) is 0.396. The van der Waals surface area contributed by atoms with Crippen molar-refractivity contribution in [1.29, 1.82) is 0 Å². The molecule has 0 radical (unpaired) electrons. The lowest BCUT2D eigenvalue weighted by Crippen LogP contribution is -2.54. The summed E-state index contributed by atoms with van der Waals surface area (Å²) in [6, 6.07) is 3.39. The molecule has 5 nitrogen and oxygen atoms in total. The van der Waals surface area contributed by atoms with Gasteiger partial charge in [-0.05, 0) is 25.5 Å². The quantitative estimate of drug-likeness (QED) is 0.815. The van der Waals surface area contributed by atoms with Gasteiger partial charge in [-0.3, -0.25) is 9.59 Å². The Balaban J connectivity index is 0.00000208. The van der Waals surface area contributed by atoms with Crippen LogP contribution in [0, 0.1) is 17.6 Å². The predicted molar refractivity (Wildman–Crippen MR) is 88.1 cm³/mol. The van der Waals surface area contributed by atoms with Crippen LogP contribution < -0.4 is 10.2 Å². The third kappa shape index (κ3) is 3.37. The van der Waals surface area contributed by atoms with Gasteiger partial charge in [-0.1, -0.05) is 0 Å². The number of amides is 2. The lowest BCUT2D eigenvalue weighted by atomic mass is 10.0. The molecule has 132 valence electrons. The molecule has 1 N–H and O–H groups in total. The molecule has 2 amide bonds. The Labute approximate surface area is 145 Å². The van der Waals surface area contributed by atoms with E-state index in [-0.39, 0.29) is 36.0 Å². The number of rotatable bonds is 2. The van der Waals surface area contributed by atoms with Gasteiger partial charge in [-0.2, -0.15) is 0 Å². The maximum absolute atomic E-state index is 13.4. The van der Waals surface area contributed by atoms with E-state index in [9.17, 15) is 18.4 Å². The van der Waals surface area contributed by atoms with Gasteiger partial charge < -0.3 is 15.1 Å². The van der Waals surface area contributed by atoms with Gasteiger partial charge in [0.05, 0.1) is 0 Å². The Kier molecular flexibility index (Phi) is 5.77. The van der Waals surface area contributed by atoms with Crippen LogP contribution in [0.3, 0.4) is 0 Å². The van der Waals surface area contributed by atoms with E-state index < -0.39 is 17.6 Å². The number of nitrogens with zero attached hydrogens (tertiary/aromatic N) is 2. The molecule has 1 unspecified atom stereocenters. The van der Waals surface area contributed by atoms with Gasteiger partial charge in [0.1, 0.15) is 5.92 Å². The fourth-order valence-corrected chi connectivity index (χ4v) is 3.19. The highest BCUT2D eigenvalue weighted by Crippen LogP contribution is 2.28. The molecule has 24 heavy (non-hydrogen) atoms. The Morgan fingerprint density at radius 1 is 1.25 bits per heavy atom. The third-order valence-corrected chi connectivity index (χ3v) is 4.50. The summed E-state index contributed by atoms with van der Waals surface area (Å²) in [5.41, 5.74) is 0.289. The van der Waals surface area contributed by atoms with E-state index in [4.69, 9.17) is 0 Å². The van der Waals surface area contributed by atoms with E-state index in [1.165, 1.54) is 11.0 Å². The van der Waals surface area contributed by atoms with Crippen molar-refractivity contribution in [1.82, 2.24) is 10.2 Å². The Morgan fingerprint density at radius 2 is 2.00 bits per heavy atom. The summed E-state index contributed by atoms with van der Waals surface area (Å²) in [4.78, 5) is 28.3. The number of nitrogens with one attached hydrogen (secondary N) is 1. The molecule has 2 aliphatic heterocycles. The SMILES string of the molecule is C[C@@H]1CNCCN1C(=O)C1CCN(c2ccc(F)c(F)c2)C1=O.Cl. The molecule has 1 aromatic carbocycles. The summed E-state index contributed by atoms with van der Waals surface area (Å²) < 4.78 is 26.4. The first-order chi connectivity index (χ1) is 11.0. The zero-order valence-electron chi connectivity index (χ0n) is 13.3. The number of carbonyl (C=O) groups is 2. The van der Waals surface area contributed by atoms with Crippen LogP contribution in [0.5, 0.6) is 0 Å². The van der Waals surface area contributed by atoms with Crippen LogP contribution in [-0.4, -0.2) is 48.9 Å². The lowest BCUT2D eigenvalue weighted by molar-refractivity contribution is -0.142. The molecule has 1 aromatic rings. The monoisotopic (exact) mass is 359 g/mol. The zero-order chi connectivity index (χ0) is 16.6. The molecule has 0 saturated carbocycles. The maximum Gasteiger partial charge on any atom is 0.239 e. The number of hydrogen-bond donors (Lipinski definition) is 1. The third-order valence-electron chi connectivity index (χ3n) is 4.50. The minimum absolute atomic E-state index is 0. The van der Waals surface area contributed by atoms with E-state index >= 15 is 0 Å². The van der Waals surface area contributed by atoms with E-state index in [1.54, 1.807) is 4.90 Å². The highest BCUT2D eigenvalue weighted by molar-refractivity contribution is 6.09.